The van der Waals surface area contributed by atoms with E-state index in [1.165, 1.54) is 11.9 Å². The molecule has 1 atom stereocenters. The molecular weight excluding hydrogens is 408 g/mol. The standard InChI is InChI=1S/C23H26N6O3/c1-2-20-26-23(27-32-20)17-12-24-15-25-22(17)19-13-28(10-11-31-19)14-21(30)29-9-5-7-16-6-3-4-8-18(16)29/h3-4,6,8,12,15,19H,2,5,7,9-11,13-14H2,1H3/t19-/m1/s1. The van der Waals surface area contributed by atoms with Gasteiger partial charge in [-0.15, -0.1) is 0 Å². The second-order valence-electron chi connectivity index (χ2n) is 8.06. The summed E-state index contributed by atoms with van der Waals surface area (Å²) in [5.74, 6) is 1.14. The van der Waals surface area contributed by atoms with Crippen LogP contribution in [0, 0.1) is 0 Å². The predicted octanol–water partition coefficient (Wildman–Crippen LogP) is 2.44. The van der Waals surface area contributed by atoms with Crippen LogP contribution in [0.1, 0.15) is 36.6 Å². The third-order valence-corrected chi connectivity index (χ3v) is 5.98. The molecule has 9 heteroatoms. The Balaban J connectivity index is 1.31. The molecule has 2 aliphatic rings. The number of carbonyl (C=O) groups is 1. The summed E-state index contributed by atoms with van der Waals surface area (Å²) >= 11 is 0. The first kappa shape index (κ1) is 20.7. The van der Waals surface area contributed by atoms with Crippen molar-refractivity contribution in [2.45, 2.75) is 32.3 Å². The molecule has 1 amide bonds. The Morgan fingerprint density at radius 3 is 3.03 bits per heavy atom. The number of hydrogen-bond acceptors (Lipinski definition) is 8. The molecule has 0 bridgehead atoms. The van der Waals surface area contributed by atoms with Gasteiger partial charge in [0.2, 0.25) is 17.6 Å². The van der Waals surface area contributed by atoms with Gasteiger partial charge >= 0.3 is 0 Å². The topological polar surface area (TPSA) is 97.5 Å². The number of morpholine rings is 1. The maximum absolute atomic E-state index is 13.2. The van der Waals surface area contributed by atoms with Crippen LogP contribution in [0.4, 0.5) is 5.69 Å². The van der Waals surface area contributed by atoms with Gasteiger partial charge in [-0.2, -0.15) is 4.98 Å². The lowest BCUT2D eigenvalue weighted by molar-refractivity contribution is -0.122. The van der Waals surface area contributed by atoms with Crippen LogP contribution in [0.3, 0.4) is 0 Å². The molecule has 9 nitrogen and oxygen atoms in total. The summed E-state index contributed by atoms with van der Waals surface area (Å²) in [4.78, 5) is 30.3. The summed E-state index contributed by atoms with van der Waals surface area (Å²) in [5.41, 5.74) is 3.68. The predicted molar refractivity (Wildman–Crippen MR) is 117 cm³/mol. The number of rotatable bonds is 5. The fraction of sp³-hybridized carbons (Fsp3) is 0.435. The van der Waals surface area contributed by atoms with Crippen molar-refractivity contribution < 1.29 is 14.1 Å². The van der Waals surface area contributed by atoms with Gasteiger partial charge in [-0.25, -0.2) is 9.97 Å². The van der Waals surface area contributed by atoms with Gasteiger partial charge in [-0.1, -0.05) is 30.3 Å². The second-order valence-corrected chi connectivity index (χ2v) is 8.06. The lowest BCUT2D eigenvalue weighted by Crippen LogP contribution is -2.47. The number of anilines is 1. The molecule has 1 saturated heterocycles. The van der Waals surface area contributed by atoms with Gasteiger partial charge < -0.3 is 14.2 Å². The number of fused-ring (bicyclic) bond motifs is 1. The molecule has 0 aliphatic carbocycles. The quantitative estimate of drug-likeness (QED) is 0.604. The van der Waals surface area contributed by atoms with E-state index < -0.39 is 0 Å². The number of amides is 1. The van der Waals surface area contributed by atoms with Crippen LogP contribution in [0.5, 0.6) is 0 Å². The number of hydrogen-bond donors (Lipinski definition) is 0. The van der Waals surface area contributed by atoms with Crippen LogP contribution >= 0.6 is 0 Å². The maximum atomic E-state index is 13.2. The zero-order chi connectivity index (χ0) is 21.9. The normalized spacial score (nSPS) is 19.0. The van der Waals surface area contributed by atoms with Crippen molar-refractivity contribution in [1.29, 1.82) is 0 Å². The van der Waals surface area contributed by atoms with Crippen LogP contribution in [-0.2, 0) is 22.4 Å². The average molecular weight is 435 g/mol. The molecule has 0 N–H and O–H groups in total. The summed E-state index contributed by atoms with van der Waals surface area (Å²) < 4.78 is 11.3. The first-order valence-corrected chi connectivity index (χ1v) is 11.1. The third-order valence-electron chi connectivity index (χ3n) is 5.98. The lowest BCUT2D eigenvalue weighted by Gasteiger charge is -2.35. The number of nitrogens with zero attached hydrogens (tertiary/aromatic N) is 6. The third kappa shape index (κ3) is 4.13. The van der Waals surface area contributed by atoms with E-state index in [0.717, 1.165) is 25.1 Å². The number of benzene rings is 1. The Kier molecular flexibility index (Phi) is 5.91. The first-order chi connectivity index (χ1) is 15.7. The highest BCUT2D eigenvalue weighted by molar-refractivity contribution is 5.96. The molecule has 166 valence electrons. The van der Waals surface area contributed by atoms with E-state index in [4.69, 9.17) is 9.26 Å². The van der Waals surface area contributed by atoms with Crippen molar-refractivity contribution in [3.05, 3.63) is 53.9 Å². The van der Waals surface area contributed by atoms with E-state index in [1.807, 2.05) is 30.0 Å². The van der Waals surface area contributed by atoms with Gasteiger partial charge in [-0.05, 0) is 24.5 Å². The smallest absolute Gasteiger partial charge is 0.241 e. The Morgan fingerprint density at radius 2 is 2.16 bits per heavy atom. The summed E-state index contributed by atoms with van der Waals surface area (Å²) in [5, 5.41) is 4.07. The van der Waals surface area contributed by atoms with Gasteiger partial charge in [0.25, 0.3) is 0 Å². The zero-order valence-corrected chi connectivity index (χ0v) is 18.1. The number of para-hydroxylation sites is 1. The molecule has 1 aromatic carbocycles. The molecule has 3 aromatic rings. The van der Waals surface area contributed by atoms with Crippen LogP contribution in [0.15, 0.2) is 41.3 Å². The van der Waals surface area contributed by atoms with E-state index in [-0.39, 0.29) is 12.0 Å². The van der Waals surface area contributed by atoms with Gasteiger partial charge in [0.05, 0.1) is 24.4 Å². The Morgan fingerprint density at radius 1 is 1.25 bits per heavy atom. The van der Waals surface area contributed by atoms with Gasteiger partial charge in [0.1, 0.15) is 12.4 Å². The monoisotopic (exact) mass is 434 g/mol. The van der Waals surface area contributed by atoms with Crippen molar-refractivity contribution in [3.8, 4) is 11.4 Å². The first-order valence-electron chi connectivity index (χ1n) is 11.1. The van der Waals surface area contributed by atoms with Crippen LogP contribution < -0.4 is 4.90 Å². The fourth-order valence-electron chi connectivity index (χ4n) is 4.36. The number of ether oxygens (including phenoxy) is 1. The highest BCUT2D eigenvalue weighted by atomic mass is 16.5. The summed E-state index contributed by atoms with van der Waals surface area (Å²) in [6.07, 6.45) is 5.55. The summed E-state index contributed by atoms with van der Waals surface area (Å²) in [7, 11) is 0. The summed E-state index contributed by atoms with van der Waals surface area (Å²) in [6, 6.07) is 8.18. The maximum Gasteiger partial charge on any atom is 0.241 e. The number of aryl methyl sites for hydroxylation is 2. The SMILES string of the molecule is CCc1nc(-c2cncnc2[C@H]2CN(CC(=O)N3CCCc4ccccc43)CCO2)no1. The van der Waals surface area contributed by atoms with Crippen molar-refractivity contribution in [3.63, 3.8) is 0 Å². The van der Waals surface area contributed by atoms with Crippen LogP contribution in [0.25, 0.3) is 11.4 Å². The van der Waals surface area contributed by atoms with Crippen LogP contribution in [0.2, 0.25) is 0 Å². The average Bonchev–Trinajstić information content (AvgIpc) is 3.33. The molecule has 2 aliphatic heterocycles. The fourth-order valence-corrected chi connectivity index (χ4v) is 4.36. The molecule has 4 heterocycles. The molecule has 1 fully saturated rings. The van der Waals surface area contributed by atoms with E-state index >= 15 is 0 Å². The number of carbonyl (C=O) groups excluding carboxylic acids is 1. The molecule has 0 unspecified atom stereocenters. The highest BCUT2D eigenvalue weighted by Gasteiger charge is 2.30. The van der Waals surface area contributed by atoms with Gasteiger partial charge in [0, 0.05) is 37.9 Å². The molecule has 5 rings (SSSR count). The molecule has 0 radical (unpaired) electrons. The van der Waals surface area contributed by atoms with Crippen molar-refractivity contribution in [2.24, 2.45) is 0 Å². The minimum Gasteiger partial charge on any atom is -0.369 e. The molecule has 32 heavy (non-hydrogen) atoms. The molecular formula is C23H26N6O3. The Hall–Kier alpha value is -3.17. The van der Waals surface area contributed by atoms with E-state index in [0.29, 0.717) is 55.6 Å². The van der Waals surface area contributed by atoms with Gasteiger partial charge in [0.15, 0.2) is 0 Å². The minimum absolute atomic E-state index is 0.117. The Bertz CT molecular complexity index is 1100. The molecule has 0 spiro atoms. The van der Waals surface area contributed by atoms with E-state index in [2.05, 4.69) is 31.1 Å². The highest BCUT2D eigenvalue weighted by Crippen LogP contribution is 2.30. The lowest BCUT2D eigenvalue weighted by atomic mass is 10.0. The van der Waals surface area contributed by atoms with Crippen LogP contribution in [-0.4, -0.2) is 63.7 Å². The van der Waals surface area contributed by atoms with Crippen molar-refractivity contribution in [2.75, 3.05) is 37.7 Å². The Labute approximate surface area is 186 Å². The second kappa shape index (κ2) is 9.13. The minimum atomic E-state index is -0.299. The van der Waals surface area contributed by atoms with Crippen molar-refractivity contribution >= 4 is 11.6 Å². The summed E-state index contributed by atoms with van der Waals surface area (Å²) in [6.45, 7) is 4.84. The molecule has 0 saturated carbocycles. The van der Waals surface area contributed by atoms with E-state index in [1.54, 1.807) is 6.20 Å². The number of aromatic nitrogens is 4. The van der Waals surface area contributed by atoms with Crippen molar-refractivity contribution in [1.82, 2.24) is 25.0 Å². The molecule has 2 aromatic heterocycles. The largest absolute Gasteiger partial charge is 0.369 e. The van der Waals surface area contributed by atoms with E-state index in [9.17, 15) is 4.79 Å². The zero-order valence-electron chi connectivity index (χ0n) is 18.1. The van der Waals surface area contributed by atoms with Gasteiger partial charge in [-0.3, -0.25) is 9.69 Å².